The molecule has 1 aromatic heterocycles. The number of Topliss-reactive ketones (excluding diaryl/α,β-unsaturated/α-hetero) is 1. The van der Waals surface area contributed by atoms with Crippen LogP contribution in [0.5, 0.6) is 0 Å². The van der Waals surface area contributed by atoms with Crippen LogP contribution in [0.1, 0.15) is 66.4 Å². The lowest BCUT2D eigenvalue weighted by atomic mass is 9.92. The fourth-order valence-corrected chi connectivity index (χ4v) is 4.82. The zero-order valence-corrected chi connectivity index (χ0v) is 24.8. The lowest BCUT2D eigenvalue weighted by molar-refractivity contribution is -0.126. The number of carbonyl (C=O) groups is 3. The number of pyridine rings is 1. The maximum atomic E-state index is 13.0. The minimum Gasteiger partial charge on any atom is -0.445 e. The average Bonchev–Trinajstić information content (AvgIpc) is 2.84. The smallest absolute Gasteiger partial charge is 0.408 e. The molecule has 0 bridgehead atoms. The van der Waals surface area contributed by atoms with Gasteiger partial charge < -0.3 is 25.8 Å². The van der Waals surface area contributed by atoms with Crippen molar-refractivity contribution in [1.82, 2.24) is 20.9 Å². The summed E-state index contributed by atoms with van der Waals surface area (Å²) in [5.41, 5.74) is 0.798. The Morgan fingerprint density at radius 2 is 1.61 bits per heavy atom. The highest BCUT2D eigenvalue weighted by molar-refractivity contribution is 7.98. The first-order valence-corrected chi connectivity index (χ1v) is 14.9. The van der Waals surface area contributed by atoms with Crippen molar-refractivity contribution < 1.29 is 24.2 Å². The SMILES string of the molecule is CSC[C@H](NC(=O)OCc1ccncc1)C(=O)CN[C@@H](CC(C)C)[C@@H](O)C[C@@H](C)C(=O)N[C@H](C)CC(C)C. The number of alkyl carbamates (subject to hydrolysis) is 1. The van der Waals surface area contributed by atoms with Crippen LogP contribution < -0.4 is 16.0 Å². The molecule has 216 valence electrons. The van der Waals surface area contributed by atoms with Crippen LogP contribution in [0.25, 0.3) is 0 Å². The number of amides is 2. The van der Waals surface area contributed by atoms with E-state index in [4.69, 9.17) is 4.74 Å². The third-order valence-electron chi connectivity index (χ3n) is 6.12. The zero-order chi connectivity index (χ0) is 28.7. The van der Waals surface area contributed by atoms with Gasteiger partial charge >= 0.3 is 6.09 Å². The number of aliphatic hydroxyl groups is 1. The summed E-state index contributed by atoms with van der Waals surface area (Å²) in [6.07, 6.45) is 5.44. The highest BCUT2D eigenvalue weighted by Gasteiger charge is 2.28. The van der Waals surface area contributed by atoms with Crippen LogP contribution in [-0.2, 0) is 20.9 Å². The van der Waals surface area contributed by atoms with Gasteiger partial charge in [0.05, 0.1) is 12.6 Å². The van der Waals surface area contributed by atoms with Crippen molar-refractivity contribution in [3.8, 4) is 0 Å². The van der Waals surface area contributed by atoms with Crippen LogP contribution in [0.4, 0.5) is 4.79 Å². The summed E-state index contributed by atoms with van der Waals surface area (Å²) < 4.78 is 5.25. The number of aromatic nitrogens is 1. The van der Waals surface area contributed by atoms with Crippen molar-refractivity contribution >= 4 is 29.5 Å². The third kappa shape index (κ3) is 14.1. The van der Waals surface area contributed by atoms with Crippen molar-refractivity contribution in [2.45, 2.75) is 91.6 Å². The molecule has 4 N–H and O–H groups in total. The molecular weight excluding hydrogens is 504 g/mol. The summed E-state index contributed by atoms with van der Waals surface area (Å²) in [6, 6.07) is 2.47. The summed E-state index contributed by atoms with van der Waals surface area (Å²) in [5.74, 6) is 0.508. The number of ketones is 1. The van der Waals surface area contributed by atoms with Gasteiger partial charge in [0.1, 0.15) is 12.6 Å². The second-order valence-corrected chi connectivity index (χ2v) is 11.8. The second-order valence-electron chi connectivity index (χ2n) is 10.9. The van der Waals surface area contributed by atoms with E-state index in [0.717, 1.165) is 12.0 Å². The Balaban J connectivity index is 2.67. The Labute approximate surface area is 232 Å². The lowest BCUT2D eigenvalue weighted by Gasteiger charge is -2.28. The fourth-order valence-electron chi connectivity index (χ4n) is 4.22. The molecule has 0 saturated carbocycles. The molecule has 9 nitrogen and oxygen atoms in total. The maximum absolute atomic E-state index is 13.0. The number of thioether (sulfide) groups is 1. The van der Waals surface area contributed by atoms with E-state index >= 15 is 0 Å². The van der Waals surface area contributed by atoms with Gasteiger partial charge in [0.25, 0.3) is 0 Å². The predicted molar refractivity (Wildman–Crippen MR) is 153 cm³/mol. The van der Waals surface area contributed by atoms with Crippen molar-refractivity contribution in [3.05, 3.63) is 30.1 Å². The lowest BCUT2D eigenvalue weighted by Crippen LogP contribution is -2.50. The summed E-state index contributed by atoms with van der Waals surface area (Å²) in [7, 11) is 0. The number of nitrogens with zero attached hydrogens (tertiary/aromatic N) is 1. The van der Waals surface area contributed by atoms with E-state index in [1.54, 1.807) is 24.5 Å². The molecule has 0 fully saturated rings. The van der Waals surface area contributed by atoms with Crippen molar-refractivity contribution in [1.29, 1.82) is 0 Å². The molecule has 0 radical (unpaired) electrons. The Bertz CT molecular complexity index is 840. The molecule has 10 heteroatoms. The summed E-state index contributed by atoms with van der Waals surface area (Å²) in [6.45, 7) is 12.2. The predicted octanol–water partition coefficient (Wildman–Crippen LogP) is 3.55. The first-order valence-electron chi connectivity index (χ1n) is 13.5. The number of ether oxygens (including phenoxy) is 1. The van der Waals surface area contributed by atoms with Gasteiger partial charge in [-0.25, -0.2) is 4.79 Å². The van der Waals surface area contributed by atoms with E-state index in [1.807, 2.05) is 34.0 Å². The maximum Gasteiger partial charge on any atom is 0.408 e. The van der Waals surface area contributed by atoms with Crippen molar-refractivity contribution in [3.63, 3.8) is 0 Å². The Morgan fingerprint density at radius 3 is 2.18 bits per heavy atom. The first kappa shape index (κ1) is 33.9. The van der Waals surface area contributed by atoms with Gasteiger partial charge in [-0.05, 0) is 62.0 Å². The molecule has 1 rings (SSSR count). The van der Waals surface area contributed by atoms with Gasteiger partial charge in [0.2, 0.25) is 5.91 Å². The van der Waals surface area contributed by atoms with Crippen LogP contribution in [0, 0.1) is 17.8 Å². The van der Waals surface area contributed by atoms with E-state index in [9.17, 15) is 19.5 Å². The molecule has 0 spiro atoms. The zero-order valence-electron chi connectivity index (χ0n) is 24.0. The van der Waals surface area contributed by atoms with E-state index < -0.39 is 18.2 Å². The van der Waals surface area contributed by atoms with E-state index in [-0.39, 0.29) is 55.2 Å². The van der Waals surface area contributed by atoms with Crippen molar-refractivity contribution in [2.24, 2.45) is 17.8 Å². The molecule has 1 aromatic rings. The number of hydrogen-bond acceptors (Lipinski definition) is 8. The molecule has 2 amide bonds. The van der Waals surface area contributed by atoms with Gasteiger partial charge in [-0.15, -0.1) is 0 Å². The minimum atomic E-state index is -0.802. The summed E-state index contributed by atoms with van der Waals surface area (Å²) >= 11 is 1.44. The molecule has 38 heavy (non-hydrogen) atoms. The van der Waals surface area contributed by atoms with Gasteiger partial charge in [0, 0.05) is 36.1 Å². The molecule has 1 heterocycles. The van der Waals surface area contributed by atoms with E-state index in [1.165, 1.54) is 11.8 Å². The molecule has 0 saturated heterocycles. The third-order valence-corrected chi connectivity index (χ3v) is 6.78. The molecule has 0 unspecified atom stereocenters. The molecule has 5 atom stereocenters. The van der Waals surface area contributed by atoms with Crippen LogP contribution in [0.15, 0.2) is 24.5 Å². The van der Waals surface area contributed by atoms with Crippen LogP contribution >= 0.6 is 11.8 Å². The highest BCUT2D eigenvalue weighted by Crippen LogP contribution is 2.16. The number of rotatable bonds is 18. The monoisotopic (exact) mass is 552 g/mol. The van der Waals surface area contributed by atoms with Crippen LogP contribution in [0.2, 0.25) is 0 Å². The fraction of sp³-hybridized carbons (Fsp3) is 0.714. The standard InChI is InChI=1S/C28H48N4O5S/c1-18(2)12-21(6)31-27(35)20(5)14-25(33)23(13-19(3)4)30-15-26(34)24(17-38-7)32-28(36)37-16-22-8-10-29-11-9-22/h8-11,18-21,23-25,30,33H,12-17H2,1-7H3,(H,31,35)(H,32,36)/t20-,21-,23+,24+,25+/m1/s1. The highest BCUT2D eigenvalue weighted by atomic mass is 32.2. The number of carbonyl (C=O) groups excluding carboxylic acids is 3. The Kier molecular flexibility index (Phi) is 16.2. The quantitative estimate of drug-likeness (QED) is 0.218. The molecule has 0 aliphatic rings. The molecule has 0 aromatic carbocycles. The van der Waals surface area contributed by atoms with Crippen LogP contribution in [-0.4, -0.2) is 70.7 Å². The number of hydrogen-bond donors (Lipinski definition) is 4. The van der Waals surface area contributed by atoms with Gasteiger partial charge in [-0.2, -0.15) is 11.8 Å². The van der Waals surface area contributed by atoms with Crippen LogP contribution in [0.3, 0.4) is 0 Å². The average molecular weight is 553 g/mol. The van der Waals surface area contributed by atoms with E-state index in [0.29, 0.717) is 18.1 Å². The van der Waals surface area contributed by atoms with Gasteiger partial charge in [-0.3, -0.25) is 14.6 Å². The van der Waals surface area contributed by atoms with Gasteiger partial charge in [0.15, 0.2) is 5.78 Å². The number of nitrogens with one attached hydrogen (secondary N) is 3. The molecule has 0 aliphatic heterocycles. The normalized spacial score (nSPS) is 15.4. The Hall–Kier alpha value is -2.17. The largest absolute Gasteiger partial charge is 0.445 e. The molecular formula is C28H48N4O5S. The first-order chi connectivity index (χ1) is 17.9. The summed E-state index contributed by atoms with van der Waals surface area (Å²) in [4.78, 5) is 41.9. The van der Waals surface area contributed by atoms with Gasteiger partial charge in [-0.1, -0.05) is 34.6 Å². The van der Waals surface area contributed by atoms with E-state index in [2.05, 4.69) is 34.8 Å². The topological polar surface area (TPSA) is 130 Å². The molecule has 0 aliphatic carbocycles. The Morgan fingerprint density at radius 1 is 0.974 bits per heavy atom. The summed E-state index contributed by atoms with van der Waals surface area (Å²) in [5, 5.41) is 19.9. The number of aliphatic hydroxyl groups excluding tert-OH is 1. The van der Waals surface area contributed by atoms with Crippen molar-refractivity contribution in [2.75, 3.05) is 18.6 Å². The minimum absolute atomic E-state index is 0.0176. The second kappa shape index (κ2) is 18.2.